The lowest BCUT2D eigenvalue weighted by Gasteiger charge is -2.21. The Kier molecular flexibility index (Phi) is 4.06. The molecule has 1 spiro atoms. The van der Waals surface area contributed by atoms with E-state index in [2.05, 4.69) is 10.1 Å². The molecule has 0 aliphatic carbocycles. The Balaban J connectivity index is 1.47. The van der Waals surface area contributed by atoms with Crippen LogP contribution in [-0.2, 0) is 16.2 Å². The zero-order chi connectivity index (χ0) is 18.1. The maximum absolute atomic E-state index is 13.9. The Hall–Kier alpha value is -2.96. The number of nitrogens with zero attached hydrogens (tertiary/aromatic N) is 3. The molecule has 4 rings (SSSR count). The van der Waals surface area contributed by atoms with Crippen molar-refractivity contribution in [3.05, 3.63) is 59.7 Å². The second kappa shape index (κ2) is 6.40. The number of methoxy groups -OCH3 is 1. The quantitative estimate of drug-likeness (QED) is 0.791. The van der Waals surface area contributed by atoms with E-state index in [9.17, 15) is 9.18 Å². The van der Waals surface area contributed by atoms with Crippen molar-refractivity contribution in [1.82, 2.24) is 9.88 Å². The van der Waals surface area contributed by atoms with Crippen LogP contribution in [0.25, 0.3) is 0 Å². The van der Waals surface area contributed by atoms with Crippen LogP contribution in [0.2, 0.25) is 0 Å². The van der Waals surface area contributed by atoms with Crippen LogP contribution in [0.3, 0.4) is 0 Å². The van der Waals surface area contributed by atoms with Crippen molar-refractivity contribution in [3.8, 4) is 5.75 Å². The third kappa shape index (κ3) is 2.79. The average molecular weight is 355 g/mol. The molecule has 0 radical (unpaired) electrons. The van der Waals surface area contributed by atoms with Crippen molar-refractivity contribution >= 4 is 11.6 Å². The summed E-state index contributed by atoms with van der Waals surface area (Å²) in [5, 5.41) is 3.99. The number of likely N-dealkylation sites (tertiary alicyclic amines) is 1. The number of amides is 1. The Morgan fingerprint density at radius 1 is 1.31 bits per heavy atom. The number of carbonyl (C=O) groups is 1. The minimum Gasteiger partial charge on any atom is -0.497 e. The molecule has 1 fully saturated rings. The van der Waals surface area contributed by atoms with Crippen LogP contribution in [0.15, 0.2) is 47.8 Å². The molecule has 6 nitrogen and oxygen atoms in total. The van der Waals surface area contributed by atoms with Crippen molar-refractivity contribution in [1.29, 1.82) is 0 Å². The van der Waals surface area contributed by atoms with Crippen molar-refractivity contribution in [2.45, 2.75) is 25.0 Å². The lowest BCUT2D eigenvalue weighted by atomic mass is 9.93. The number of hydrogen-bond donors (Lipinski definition) is 0. The molecule has 2 aliphatic heterocycles. The second-order valence-corrected chi connectivity index (χ2v) is 6.47. The number of rotatable bonds is 4. The van der Waals surface area contributed by atoms with E-state index < -0.39 is 11.5 Å². The molecule has 1 atom stereocenters. The predicted octanol–water partition coefficient (Wildman–Crippen LogP) is 2.53. The van der Waals surface area contributed by atoms with Gasteiger partial charge in [-0.1, -0.05) is 17.3 Å². The van der Waals surface area contributed by atoms with Crippen molar-refractivity contribution in [3.63, 3.8) is 0 Å². The topological polar surface area (TPSA) is 64.0 Å². The minimum absolute atomic E-state index is 0.114. The maximum Gasteiger partial charge on any atom is 0.270 e. The molecule has 1 aromatic carbocycles. The number of benzene rings is 1. The van der Waals surface area contributed by atoms with Gasteiger partial charge in [-0.05, 0) is 29.8 Å². The van der Waals surface area contributed by atoms with Gasteiger partial charge in [0.05, 0.1) is 18.4 Å². The van der Waals surface area contributed by atoms with Crippen LogP contribution in [0.4, 0.5) is 4.39 Å². The zero-order valence-electron chi connectivity index (χ0n) is 14.3. The van der Waals surface area contributed by atoms with E-state index in [4.69, 9.17) is 9.57 Å². The van der Waals surface area contributed by atoms with Gasteiger partial charge in [-0.25, -0.2) is 4.98 Å². The Morgan fingerprint density at radius 2 is 2.12 bits per heavy atom. The van der Waals surface area contributed by atoms with Gasteiger partial charge in [-0.3, -0.25) is 4.79 Å². The minimum atomic E-state index is -1.02. The van der Waals surface area contributed by atoms with Gasteiger partial charge < -0.3 is 14.5 Å². The van der Waals surface area contributed by atoms with Gasteiger partial charge in [0.1, 0.15) is 5.75 Å². The van der Waals surface area contributed by atoms with E-state index in [0.29, 0.717) is 25.2 Å². The summed E-state index contributed by atoms with van der Waals surface area (Å²) < 4.78 is 19.0. The number of oxime groups is 1. The molecule has 134 valence electrons. The largest absolute Gasteiger partial charge is 0.497 e. The molecular weight excluding hydrogens is 337 g/mol. The van der Waals surface area contributed by atoms with Crippen LogP contribution in [-0.4, -0.2) is 40.8 Å². The summed E-state index contributed by atoms with van der Waals surface area (Å²) in [4.78, 5) is 23.8. The molecule has 1 aromatic heterocycles. The van der Waals surface area contributed by atoms with Crippen molar-refractivity contribution < 1.29 is 18.8 Å². The van der Waals surface area contributed by atoms with Gasteiger partial charge in [0.15, 0.2) is 0 Å². The summed E-state index contributed by atoms with van der Waals surface area (Å²) in [6.07, 6.45) is 2.16. The molecule has 2 aliphatic rings. The third-order valence-corrected chi connectivity index (χ3v) is 4.85. The molecule has 0 saturated carbocycles. The van der Waals surface area contributed by atoms with E-state index in [1.54, 1.807) is 24.1 Å². The number of pyridine rings is 1. The van der Waals surface area contributed by atoms with Gasteiger partial charge >= 0.3 is 0 Å². The summed E-state index contributed by atoms with van der Waals surface area (Å²) in [5.74, 6) is 0.0532. The highest BCUT2D eigenvalue weighted by molar-refractivity contribution is 6.05. The first kappa shape index (κ1) is 16.5. The highest BCUT2D eigenvalue weighted by Crippen LogP contribution is 2.37. The Labute approximate surface area is 150 Å². The summed E-state index contributed by atoms with van der Waals surface area (Å²) in [6, 6.07) is 10.8. The highest BCUT2D eigenvalue weighted by atomic mass is 19.1. The van der Waals surface area contributed by atoms with Gasteiger partial charge in [0, 0.05) is 32.1 Å². The maximum atomic E-state index is 13.9. The van der Waals surface area contributed by atoms with Crippen LogP contribution < -0.4 is 4.74 Å². The highest BCUT2D eigenvalue weighted by Gasteiger charge is 2.53. The Bertz CT molecular complexity index is 869. The molecule has 3 heterocycles. The van der Waals surface area contributed by atoms with E-state index in [0.717, 1.165) is 11.3 Å². The van der Waals surface area contributed by atoms with E-state index >= 15 is 0 Å². The summed E-state index contributed by atoms with van der Waals surface area (Å²) in [5.41, 5.74) is 0.694. The normalized spacial score (nSPS) is 21.8. The number of aromatic nitrogens is 1. The number of ether oxygens (including phenoxy) is 1. The lowest BCUT2D eigenvalue weighted by Crippen LogP contribution is -2.40. The Morgan fingerprint density at radius 3 is 2.85 bits per heavy atom. The van der Waals surface area contributed by atoms with Gasteiger partial charge in [-0.2, -0.15) is 4.39 Å². The predicted molar refractivity (Wildman–Crippen MR) is 92.2 cm³/mol. The van der Waals surface area contributed by atoms with Crippen LogP contribution in [0.1, 0.15) is 24.0 Å². The van der Waals surface area contributed by atoms with Crippen molar-refractivity contribution in [2.75, 3.05) is 13.7 Å². The molecule has 1 saturated heterocycles. The lowest BCUT2D eigenvalue weighted by molar-refractivity contribution is -0.146. The monoisotopic (exact) mass is 355 g/mol. The first-order chi connectivity index (χ1) is 12.6. The molecule has 0 N–H and O–H groups in total. The van der Waals surface area contributed by atoms with E-state index in [1.165, 1.54) is 6.20 Å². The first-order valence-corrected chi connectivity index (χ1v) is 8.39. The molecule has 1 unspecified atom stereocenters. The number of hydrogen-bond acceptors (Lipinski definition) is 5. The van der Waals surface area contributed by atoms with Crippen LogP contribution in [0, 0.1) is 5.95 Å². The molecule has 1 amide bonds. The standard InChI is InChI=1S/C19H18FN3O3/c1-25-14-6-4-13(5-7-14)12-23-10-8-19(18(23)24)11-16(22-26-19)15-3-2-9-21-17(15)20/h2-7,9H,8,10-12H2,1H3. The summed E-state index contributed by atoms with van der Waals surface area (Å²) >= 11 is 0. The average Bonchev–Trinajstić information content (AvgIpc) is 3.22. The third-order valence-electron chi connectivity index (χ3n) is 4.85. The van der Waals surface area contributed by atoms with E-state index in [-0.39, 0.29) is 17.9 Å². The van der Waals surface area contributed by atoms with Gasteiger partial charge in [0.25, 0.3) is 5.91 Å². The SMILES string of the molecule is COc1ccc(CN2CCC3(CC(c4cccnc4F)=NO3)C2=O)cc1. The fourth-order valence-corrected chi connectivity index (χ4v) is 3.39. The van der Waals surface area contributed by atoms with Gasteiger partial charge in [-0.15, -0.1) is 0 Å². The summed E-state index contributed by atoms with van der Waals surface area (Å²) in [6.45, 7) is 1.06. The fraction of sp³-hybridized carbons (Fsp3) is 0.316. The van der Waals surface area contributed by atoms with Crippen LogP contribution >= 0.6 is 0 Å². The number of carbonyl (C=O) groups excluding carboxylic acids is 1. The fourth-order valence-electron chi connectivity index (χ4n) is 3.39. The molecule has 0 bridgehead atoms. The smallest absolute Gasteiger partial charge is 0.270 e. The molecular formula is C19H18FN3O3. The molecule has 26 heavy (non-hydrogen) atoms. The molecule has 7 heteroatoms. The van der Waals surface area contributed by atoms with Gasteiger partial charge in [0.2, 0.25) is 11.5 Å². The zero-order valence-corrected chi connectivity index (χ0v) is 14.3. The number of halogens is 1. The summed E-state index contributed by atoms with van der Waals surface area (Å²) in [7, 11) is 1.61. The van der Waals surface area contributed by atoms with Crippen LogP contribution in [0.5, 0.6) is 5.75 Å². The van der Waals surface area contributed by atoms with Crippen molar-refractivity contribution in [2.24, 2.45) is 5.16 Å². The second-order valence-electron chi connectivity index (χ2n) is 6.47. The van der Waals surface area contributed by atoms with E-state index in [1.807, 2.05) is 24.3 Å². The molecule has 2 aromatic rings. The first-order valence-electron chi connectivity index (χ1n) is 8.39.